The Morgan fingerprint density at radius 3 is 2.75 bits per heavy atom. The molecule has 0 spiro atoms. The number of nitrogens with zero attached hydrogens (tertiary/aromatic N) is 2. The van der Waals surface area contributed by atoms with Crippen LogP contribution in [-0.4, -0.2) is 36.0 Å². The van der Waals surface area contributed by atoms with Gasteiger partial charge in [-0.25, -0.2) is 4.98 Å². The summed E-state index contributed by atoms with van der Waals surface area (Å²) in [6, 6.07) is 5.50. The molecule has 1 aliphatic heterocycles. The van der Waals surface area contributed by atoms with Crippen molar-refractivity contribution in [2.24, 2.45) is 0 Å². The Morgan fingerprint density at radius 1 is 1.30 bits per heavy atom. The highest BCUT2D eigenvalue weighted by atomic mass is 35.5. The lowest BCUT2D eigenvalue weighted by Gasteiger charge is -2.20. The Morgan fingerprint density at radius 2 is 2.05 bits per heavy atom. The summed E-state index contributed by atoms with van der Waals surface area (Å²) in [4.78, 5) is 4.40. The second kappa shape index (κ2) is 5.74. The van der Waals surface area contributed by atoms with E-state index in [1.807, 2.05) is 16.8 Å². The zero-order chi connectivity index (χ0) is 14.1. The summed E-state index contributed by atoms with van der Waals surface area (Å²) < 4.78 is 13.0. The highest BCUT2D eigenvalue weighted by molar-refractivity contribution is 6.38. The minimum absolute atomic E-state index is 0.00390. The van der Waals surface area contributed by atoms with Crippen LogP contribution in [-0.2, 0) is 9.47 Å². The minimum atomic E-state index is 0.00390. The third kappa shape index (κ3) is 2.33. The number of halogens is 2. The number of imidazole rings is 1. The van der Waals surface area contributed by atoms with Gasteiger partial charge < -0.3 is 14.0 Å². The van der Waals surface area contributed by atoms with E-state index < -0.39 is 0 Å². The predicted molar refractivity (Wildman–Crippen MR) is 78.3 cm³/mol. The largest absolute Gasteiger partial charge is 0.377 e. The Labute approximate surface area is 127 Å². The molecule has 106 valence electrons. The maximum absolute atomic E-state index is 6.27. The molecule has 2 aromatic rings. The van der Waals surface area contributed by atoms with E-state index in [1.54, 1.807) is 25.4 Å². The molecule has 4 nitrogen and oxygen atoms in total. The average Bonchev–Trinajstić information content (AvgIpc) is 3.06. The molecule has 6 heteroatoms. The summed E-state index contributed by atoms with van der Waals surface area (Å²) in [7, 11) is 1.69. The van der Waals surface area contributed by atoms with Crippen LogP contribution in [0.4, 0.5) is 0 Å². The van der Waals surface area contributed by atoms with Crippen LogP contribution in [0, 0.1) is 0 Å². The summed E-state index contributed by atoms with van der Waals surface area (Å²) in [5.41, 5.74) is 0.739. The van der Waals surface area contributed by atoms with Crippen LogP contribution in [0.2, 0.25) is 10.0 Å². The fourth-order valence-corrected chi connectivity index (χ4v) is 3.06. The van der Waals surface area contributed by atoms with E-state index in [0.29, 0.717) is 23.3 Å². The van der Waals surface area contributed by atoms with Crippen molar-refractivity contribution in [3.8, 4) is 11.4 Å². The van der Waals surface area contributed by atoms with Crippen molar-refractivity contribution < 1.29 is 9.47 Å². The third-order valence-corrected chi connectivity index (χ3v) is 4.14. The lowest BCUT2D eigenvalue weighted by Crippen LogP contribution is -2.24. The zero-order valence-corrected chi connectivity index (χ0v) is 12.4. The van der Waals surface area contributed by atoms with Crippen molar-refractivity contribution in [2.45, 2.75) is 12.1 Å². The molecule has 2 heterocycles. The monoisotopic (exact) mass is 312 g/mol. The van der Waals surface area contributed by atoms with Gasteiger partial charge in [0, 0.05) is 19.5 Å². The fourth-order valence-electron chi connectivity index (χ4n) is 2.49. The first kappa shape index (κ1) is 13.9. The quantitative estimate of drug-likeness (QED) is 0.871. The molecule has 1 aromatic carbocycles. The second-order valence-corrected chi connectivity index (χ2v) is 5.45. The molecular formula is C14H14Cl2N2O2. The zero-order valence-electron chi connectivity index (χ0n) is 10.9. The normalized spacial score (nSPS) is 22.4. The van der Waals surface area contributed by atoms with Gasteiger partial charge in [-0.05, 0) is 12.1 Å². The van der Waals surface area contributed by atoms with Crippen LogP contribution >= 0.6 is 23.2 Å². The first-order chi connectivity index (χ1) is 9.72. The molecule has 0 N–H and O–H groups in total. The molecule has 3 rings (SSSR count). The van der Waals surface area contributed by atoms with Crippen molar-refractivity contribution >= 4 is 23.2 Å². The Kier molecular flexibility index (Phi) is 3.98. The molecule has 1 fully saturated rings. The van der Waals surface area contributed by atoms with Gasteiger partial charge in [-0.1, -0.05) is 29.3 Å². The summed E-state index contributed by atoms with van der Waals surface area (Å²) in [5.74, 6) is 0.734. The van der Waals surface area contributed by atoms with Crippen molar-refractivity contribution in [3.05, 3.63) is 40.6 Å². The second-order valence-electron chi connectivity index (χ2n) is 4.63. The van der Waals surface area contributed by atoms with Crippen LogP contribution in [0.1, 0.15) is 6.04 Å². The van der Waals surface area contributed by atoms with Gasteiger partial charge in [-0.2, -0.15) is 0 Å². The van der Waals surface area contributed by atoms with E-state index in [1.165, 1.54) is 0 Å². The van der Waals surface area contributed by atoms with Crippen molar-refractivity contribution in [1.82, 2.24) is 9.55 Å². The molecular weight excluding hydrogens is 299 g/mol. The van der Waals surface area contributed by atoms with Gasteiger partial charge in [0.15, 0.2) is 0 Å². The molecule has 0 bridgehead atoms. The van der Waals surface area contributed by atoms with Crippen LogP contribution in [0.25, 0.3) is 11.4 Å². The van der Waals surface area contributed by atoms with E-state index in [4.69, 9.17) is 32.7 Å². The van der Waals surface area contributed by atoms with Gasteiger partial charge in [0.25, 0.3) is 0 Å². The lowest BCUT2D eigenvalue weighted by molar-refractivity contribution is 0.0688. The third-order valence-electron chi connectivity index (χ3n) is 3.51. The van der Waals surface area contributed by atoms with Gasteiger partial charge in [-0.3, -0.25) is 0 Å². The maximum atomic E-state index is 6.27. The number of benzene rings is 1. The average molecular weight is 313 g/mol. The molecule has 0 unspecified atom stereocenters. The van der Waals surface area contributed by atoms with Crippen LogP contribution in [0.15, 0.2) is 30.6 Å². The molecule has 1 aliphatic rings. The number of rotatable bonds is 3. The number of hydrogen-bond donors (Lipinski definition) is 0. The van der Waals surface area contributed by atoms with E-state index >= 15 is 0 Å². The summed E-state index contributed by atoms with van der Waals surface area (Å²) >= 11 is 12.5. The van der Waals surface area contributed by atoms with Crippen LogP contribution < -0.4 is 0 Å². The van der Waals surface area contributed by atoms with Crippen LogP contribution in [0.5, 0.6) is 0 Å². The van der Waals surface area contributed by atoms with Gasteiger partial charge in [0.1, 0.15) is 11.9 Å². The van der Waals surface area contributed by atoms with Crippen molar-refractivity contribution in [1.29, 1.82) is 0 Å². The number of aromatic nitrogens is 2. The maximum Gasteiger partial charge on any atom is 0.143 e. The highest BCUT2D eigenvalue weighted by Gasteiger charge is 2.31. The lowest BCUT2D eigenvalue weighted by atomic mass is 10.1. The standard InChI is InChI=1S/C14H14Cl2N2O2/c1-19-12-8-20-7-11(12)18-6-5-17-14(18)13-9(15)3-2-4-10(13)16/h2-6,11-12H,7-8H2,1H3/t11-,12+/m1/s1. The summed E-state index contributed by atoms with van der Waals surface area (Å²) in [5, 5.41) is 1.16. The Hall–Kier alpha value is -1.07. The van der Waals surface area contributed by atoms with Crippen molar-refractivity contribution in [2.75, 3.05) is 20.3 Å². The van der Waals surface area contributed by atoms with Crippen molar-refractivity contribution in [3.63, 3.8) is 0 Å². The molecule has 20 heavy (non-hydrogen) atoms. The molecule has 1 aromatic heterocycles. The van der Waals surface area contributed by atoms with Gasteiger partial charge >= 0.3 is 0 Å². The van der Waals surface area contributed by atoms with E-state index in [2.05, 4.69) is 4.98 Å². The van der Waals surface area contributed by atoms with E-state index in [9.17, 15) is 0 Å². The van der Waals surface area contributed by atoms with Crippen LogP contribution in [0.3, 0.4) is 0 Å². The van der Waals surface area contributed by atoms with Gasteiger partial charge in [0.05, 0.1) is 34.9 Å². The van der Waals surface area contributed by atoms with E-state index in [0.717, 1.165) is 11.4 Å². The van der Waals surface area contributed by atoms with E-state index in [-0.39, 0.29) is 12.1 Å². The fraction of sp³-hybridized carbons (Fsp3) is 0.357. The molecule has 2 atom stereocenters. The summed E-state index contributed by atoms with van der Waals surface area (Å²) in [6.07, 6.45) is 3.64. The first-order valence-electron chi connectivity index (χ1n) is 6.30. The minimum Gasteiger partial charge on any atom is -0.377 e. The molecule has 1 saturated heterocycles. The molecule has 0 saturated carbocycles. The number of hydrogen-bond acceptors (Lipinski definition) is 3. The number of ether oxygens (including phenoxy) is 2. The summed E-state index contributed by atoms with van der Waals surface area (Å²) in [6.45, 7) is 1.17. The molecule has 0 radical (unpaired) electrons. The Balaban J connectivity index is 2.07. The first-order valence-corrected chi connectivity index (χ1v) is 7.05. The number of methoxy groups -OCH3 is 1. The SMILES string of the molecule is CO[C@H]1COC[C@H]1n1ccnc1-c1c(Cl)cccc1Cl. The predicted octanol–water partition coefficient (Wildman–Crippen LogP) is 3.44. The molecule has 0 amide bonds. The topological polar surface area (TPSA) is 36.3 Å². The van der Waals surface area contributed by atoms with Gasteiger partial charge in [-0.15, -0.1) is 0 Å². The highest BCUT2D eigenvalue weighted by Crippen LogP contribution is 2.36. The Bertz CT molecular complexity index is 595. The smallest absolute Gasteiger partial charge is 0.143 e. The van der Waals surface area contributed by atoms with Gasteiger partial charge in [0.2, 0.25) is 0 Å². The molecule has 0 aliphatic carbocycles.